The molecule has 2 aromatic rings. The first-order chi connectivity index (χ1) is 11.2. The number of hydrogen-bond acceptors (Lipinski definition) is 5. The van der Waals surface area contributed by atoms with Crippen molar-refractivity contribution in [1.29, 1.82) is 0 Å². The molecule has 1 aromatic heterocycles. The lowest BCUT2D eigenvalue weighted by Gasteiger charge is -2.32. The van der Waals surface area contributed by atoms with E-state index < -0.39 is 0 Å². The Morgan fingerprint density at radius 3 is 2.61 bits per heavy atom. The molecule has 2 heterocycles. The Hall–Kier alpha value is -1.43. The van der Waals surface area contributed by atoms with E-state index in [2.05, 4.69) is 22.4 Å². The fourth-order valence-electron chi connectivity index (χ4n) is 3.07. The molecule has 1 aliphatic heterocycles. The number of benzene rings is 1. The van der Waals surface area contributed by atoms with Crippen molar-refractivity contribution in [3.63, 3.8) is 0 Å². The minimum absolute atomic E-state index is 0.182. The number of thiazole rings is 1. The number of aromatic nitrogens is 1. The van der Waals surface area contributed by atoms with Crippen molar-refractivity contribution in [2.45, 2.75) is 32.4 Å². The second kappa shape index (κ2) is 7.43. The van der Waals surface area contributed by atoms with E-state index in [1.54, 1.807) is 18.4 Å². The predicted molar refractivity (Wildman–Crippen MR) is 93.8 cm³/mol. The summed E-state index contributed by atoms with van der Waals surface area (Å²) in [5.74, 6) is 1.32. The number of piperidine rings is 1. The van der Waals surface area contributed by atoms with Gasteiger partial charge in [-0.15, -0.1) is 11.3 Å². The third-order valence-electron chi connectivity index (χ3n) is 4.59. The summed E-state index contributed by atoms with van der Waals surface area (Å²) in [5.41, 5.74) is 2.27. The van der Waals surface area contributed by atoms with Crippen molar-refractivity contribution >= 4 is 11.3 Å². The van der Waals surface area contributed by atoms with Crippen LogP contribution >= 0.6 is 11.3 Å². The fraction of sp³-hybridized carbons (Fsp3) is 0.500. The van der Waals surface area contributed by atoms with E-state index in [0.29, 0.717) is 5.92 Å². The van der Waals surface area contributed by atoms with E-state index in [1.165, 1.54) is 0 Å². The van der Waals surface area contributed by atoms with Crippen molar-refractivity contribution in [2.75, 3.05) is 20.2 Å². The normalized spacial score (nSPS) is 18.0. The van der Waals surface area contributed by atoms with Crippen molar-refractivity contribution in [3.8, 4) is 16.3 Å². The molecule has 1 aliphatic rings. The lowest BCUT2D eigenvalue weighted by Crippen LogP contribution is -2.36. The SMILES string of the molecule is COc1ccc(-c2nc(CN3CCC(C(C)O)CC3)cs2)cc1. The van der Waals surface area contributed by atoms with Gasteiger partial charge in [-0.2, -0.15) is 0 Å². The minimum Gasteiger partial charge on any atom is -0.497 e. The van der Waals surface area contributed by atoms with Crippen LogP contribution in [0.5, 0.6) is 5.75 Å². The second-order valence-electron chi connectivity index (χ2n) is 6.23. The molecule has 23 heavy (non-hydrogen) atoms. The highest BCUT2D eigenvalue weighted by Crippen LogP contribution is 2.27. The summed E-state index contributed by atoms with van der Waals surface area (Å²) in [6.45, 7) is 4.90. The molecule has 5 heteroatoms. The maximum Gasteiger partial charge on any atom is 0.123 e. The molecular weight excluding hydrogens is 308 g/mol. The third-order valence-corrected chi connectivity index (χ3v) is 5.53. The molecule has 0 saturated carbocycles. The minimum atomic E-state index is -0.182. The van der Waals surface area contributed by atoms with Crippen LogP contribution in [0.25, 0.3) is 10.6 Å². The van der Waals surface area contributed by atoms with Crippen molar-refractivity contribution < 1.29 is 9.84 Å². The molecule has 0 aliphatic carbocycles. The number of aliphatic hydroxyl groups excluding tert-OH is 1. The quantitative estimate of drug-likeness (QED) is 0.911. The Labute approximate surface area is 141 Å². The molecule has 0 amide bonds. The van der Waals surface area contributed by atoms with Gasteiger partial charge in [-0.25, -0.2) is 4.98 Å². The topological polar surface area (TPSA) is 45.6 Å². The molecule has 1 aromatic carbocycles. The van der Waals surface area contributed by atoms with Gasteiger partial charge in [-0.05, 0) is 63.0 Å². The number of hydrogen-bond donors (Lipinski definition) is 1. The van der Waals surface area contributed by atoms with Crippen molar-refractivity contribution in [3.05, 3.63) is 35.3 Å². The lowest BCUT2D eigenvalue weighted by molar-refractivity contribution is 0.0692. The monoisotopic (exact) mass is 332 g/mol. The van der Waals surface area contributed by atoms with Crippen molar-refractivity contribution in [1.82, 2.24) is 9.88 Å². The van der Waals surface area contributed by atoms with Crippen LogP contribution in [0, 0.1) is 5.92 Å². The summed E-state index contributed by atoms with van der Waals surface area (Å²) in [7, 11) is 1.68. The van der Waals surface area contributed by atoms with Gasteiger partial charge in [0.1, 0.15) is 10.8 Å². The van der Waals surface area contributed by atoms with Crippen LogP contribution in [0.4, 0.5) is 0 Å². The predicted octanol–water partition coefficient (Wildman–Crippen LogP) is 3.41. The van der Waals surface area contributed by atoms with E-state index in [-0.39, 0.29) is 6.10 Å². The highest BCUT2D eigenvalue weighted by Gasteiger charge is 2.23. The first-order valence-corrected chi connectivity index (χ1v) is 9.03. The van der Waals surface area contributed by atoms with Gasteiger partial charge in [0.15, 0.2) is 0 Å². The maximum atomic E-state index is 9.68. The summed E-state index contributed by atoms with van der Waals surface area (Å²) in [5, 5.41) is 12.9. The van der Waals surface area contributed by atoms with Crippen LogP contribution in [0.1, 0.15) is 25.5 Å². The van der Waals surface area contributed by atoms with Crippen LogP contribution in [0.2, 0.25) is 0 Å². The summed E-state index contributed by atoms with van der Waals surface area (Å²) in [6.07, 6.45) is 1.97. The average Bonchev–Trinajstić information content (AvgIpc) is 3.04. The molecule has 4 nitrogen and oxygen atoms in total. The van der Waals surface area contributed by atoms with Gasteiger partial charge >= 0.3 is 0 Å². The van der Waals surface area contributed by atoms with Gasteiger partial charge in [0.05, 0.1) is 18.9 Å². The van der Waals surface area contributed by atoms with Gasteiger partial charge in [0.2, 0.25) is 0 Å². The van der Waals surface area contributed by atoms with Crippen LogP contribution in [0.15, 0.2) is 29.6 Å². The molecule has 1 atom stereocenters. The number of methoxy groups -OCH3 is 1. The standard InChI is InChI=1S/C18H24N2O2S/c1-13(21)14-7-9-20(10-8-14)11-16-12-23-18(19-16)15-3-5-17(22-2)6-4-15/h3-6,12-14,21H,7-11H2,1-2H3. The Kier molecular flexibility index (Phi) is 5.30. The molecule has 0 spiro atoms. The third kappa shape index (κ3) is 4.10. The maximum absolute atomic E-state index is 9.68. The highest BCUT2D eigenvalue weighted by molar-refractivity contribution is 7.13. The Morgan fingerprint density at radius 2 is 2.00 bits per heavy atom. The number of rotatable bonds is 5. The molecule has 1 unspecified atom stereocenters. The van der Waals surface area contributed by atoms with Crippen LogP contribution < -0.4 is 4.74 Å². The fourth-order valence-corrected chi connectivity index (χ4v) is 3.89. The highest BCUT2D eigenvalue weighted by atomic mass is 32.1. The zero-order valence-electron chi connectivity index (χ0n) is 13.7. The molecular formula is C18H24N2O2S. The molecule has 1 N–H and O–H groups in total. The number of likely N-dealkylation sites (tertiary alicyclic amines) is 1. The zero-order chi connectivity index (χ0) is 16.2. The van der Waals surface area contributed by atoms with Crippen molar-refractivity contribution in [2.24, 2.45) is 5.92 Å². The van der Waals surface area contributed by atoms with Gasteiger partial charge in [-0.3, -0.25) is 4.90 Å². The van der Waals surface area contributed by atoms with Gasteiger partial charge in [0.25, 0.3) is 0 Å². The van der Waals surface area contributed by atoms with E-state index >= 15 is 0 Å². The molecule has 0 radical (unpaired) electrons. The Bertz CT molecular complexity index is 616. The van der Waals surface area contributed by atoms with E-state index in [1.807, 2.05) is 19.1 Å². The number of aliphatic hydroxyl groups is 1. The lowest BCUT2D eigenvalue weighted by atomic mass is 9.92. The first-order valence-electron chi connectivity index (χ1n) is 8.15. The molecule has 1 saturated heterocycles. The Balaban J connectivity index is 1.59. The smallest absolute Gasteiger partial charge is 0.123 e. The number of ether oxygens (including phenoxy) is 1. The zero-order valence-corrected chi connectivity index (χ0v) is 14.6. The van der Waals surface area contributed by atoms with Gasteiger partial charge in [-0.1, -0.05) is 0 Å². The largest absolute Gasteiger partial charge is 0.497 e. The van der Waals surface area contributed by atoms with E-state index in [4.69, 9.17) is 9.72 Å². The van der Waals surface area contributed by atoms with Gasteiger partial charge < -0.3 is 9.84 Å². The Morgan fingerprint density at radius 1 is 1.30 bits per heavy atom. The summed E-state index contributed by atoms with van der Waals surface area (Å²) >= 11 is 1.69. The van der Waals surface area contributed by atoms with Crippen LogP contribution in [-0.2, 0) is 6.54 Å². The molecule has 124 valence electrons. The molecule has 1 fully saturated rings. The molecule has 0 bridgehead atoms. The first kappa shape index (κ1) is 16.4. The summed E-state index contributed by atoms with van der Waals surface area (Å²) < 4.78 is 5.19. The van der Waals surface area contributed by atoms with Crippen LogP contribution in [0.3, 0.4) is 0 Å². The summed E-state index contributed by atoms with van der Waals surface area (Å²) in [4.78, 5) is 7.21. The summed E-state index contributed by atoms with van der Waals surface area (Å²) in [6, 6.07) is 8.04. The van der Waals surface area contributed by atoms with E-state index in [0.717, 1.165) is 54.5 Å². The molecule has 3 rings (SSSR count). The number of nitrogens with zero attached hydrogens (tertiary/aromatic N) is 2. The second-order valence-corrected chi connectivity index (χ2v) is 7.08. The van der Waals surface area contributed by atoms with Gasteiger partial charge in [0, 0.05) is 17.5 Å². The van der Waals surface area contributed by atoms with Crippen LogP contribution in [-0.4, -0.2) is 41.3 Å². The van der Waals surface area contributed by atoms with E-state index in [9.17, 15) is 5.11 Å². The average molecular weight is 332 g/mol.